The van der Waals surface area contributed by atoms with Gasteiger partial charge in [0.15, 0.2) is 11.5 Å². The molecule has 1 fully saturated rings. The molecule has 0 aromatic carbocycles. The van der Waals surface area contributed by atoms with Crippen molar-refractivity contribution < 1.29 is 9.47 Å². The maximum atomic E-state index is 5.29. The van der Waals surface area contributed by atoms with Gasteiger partial charge in [0.05, 0.1) is 0 Å². The molecule has 0 unspecified atom stereocenters. The van der Waals surface area contributed by atoms with Gasteiger partial charge >= 0.3 is 0 Å². The van der Waals surface area contributed by atoms with E-state index in [2.05, 4.69) is 13.0 Å². The van der Waals surface area contributed by atoms with Gasteiger partial charge < -0.3 is 9.47 Å². The lowest BCUT2D eigenvalue weighted by molar-refractivity contribution is 0.0977. The molecular weight excluding hydrogens is 176 g/mol. The molecule has 1 aliphatic heterocycles. The number of rotatable bonds is 3. The van der Waals surface area contributed by atoms with Crippen molar-refractivity contribution in [2.45, 2.75) is 20.3 Å². The summed E-state index contributed by atoms with van der Waals surface area (Å²) in [6, 6.07) is 0. The monoisotopic (exact) mass is 192 g/mol. The second kappa shape index (κ2) is 6.08. The normalized spacial score (nSPS) is 22.4. The fraction of sp³-hybridized carbons (Fsp3) is 0.333. The van der Waals surface area contributed by atoms with E-state index >= 15 is 0 Å². The van der Waals surface area contributed by atoms with Crippen LogP contribution in [0.25, 0.3) is 0 Å². The number of allylic oxidation sites excluding steroid dienone is 6. The Bertz CT molecular complexity index is 283. The molecule has 0 saturated carbocycles. The lowest BCUT2D eigenvalue weighted by Gasteiger charge is -1.92. The summed E-state index contributed by atoms with van der Waals surface area (Å²) in [7, 11) is 0. The van der Waals surface area contributed by atoms with E-state index in [9.17, 15) is 0 Å². The zero-order chi connectivity index (χ0) is 10.2. The smallest absolute Gasteiger partial charge is 0.231 e. The van der Waals surface area contributed by atoms with Crippen LogP contribution in [0.2, 0.25) is 0 Å². The molecule has 1 saturated heterocycles. The van der Waals surface area contributed by atoms with E-state index in [1.165, 1.54) is 0 Å². The Morgan fingerprint density at radius 2 is 1.79 bits per heavy atom. The number of hydrogen-bond donors (Lipinski definition) is 0. The van der Waals surface area contributed by atoms with Crippen LogP contribution >= 0.6 is 0 Å². The second-order valence-electron chi connectivity index (χ2n) is 2.83. The first-order valence-corrected chi connectivity index (χ1v) is 4.84. The van der Waals surface area contributed by atoms with Gasteiger partial charge in [-0.15, -0.1) is 0 Å². The Kier molecular flexibility index (Phi) is 4.62. The van der Waals surface area contributed by atoms with E-state index in [-0.39, 0.29) is 0 Å². The van der Waals surface area contributed by atoms with Gasteiger partial charge in [0.2, 0.25) is 6.79 Å². The van der Waals surface area contributed by atoms with E-state index in [1.54, 1.807) is 0 Å². The third-order valence-electron chi connectivity index (χ3n) is 1.73. The molecule has 0 aromatic heterocycles. The van der Waals surface area contributed by atoms with Gasteiger partial charge in [-0.1, -0.05) is 31.2 Å². The Labute approximate surface area is 85.2 Å². The van der Waals surface area contributed by atoms with Crippen LogP contribution in [-0.4, -0.2) is 6.79 Å². The van der Waals surface area contributed by atoms with Gasteiger partial charge in [-0.3, -0.25) is 0 Å². The summed E-state index contributed by atoms with van der Waals surface area (Å²) >= 11 is 0. The van der Waals surface area contributed by atoms with Crippen LogP contribution in [0.4, 0.5) is 0 Å². The van der Waals surface area contributed by atoms with Gasteiger partial charge in [-0.05, 0) is 25.5 Å². The van der Waals surface area contributed by atoms with E-state index in [0.717, 1.165) is 17.9 Å². The molecule has 0 aliphatic carbocycles. The maximum absolute atomic E-state index is 5.29. The predicted octanol–water partition coefficient (Wildman–Crippen LogP) is 3.30. The molecule has 0 N–H and O–H groups in total. The summed E-state index contributed by atoms with van der Waals surface area (Å²) in [6.45, 7) is 4.38. The van der Waals surface area contributed by atoms with Crippen LogP contribution in [0.5, 0.6) is 0 Å². The van der Waals surface area contributed by atoms with E-state index in [4.69, 9.17) is 9.47 Å². The summed E-state index contributed by atoms with van der Waals surface area (Å²) in [5, 5.41) is 0. The molecule has 2 heteroatoms. The second-order valence-corrected chi connectivity index (χ2v) is 2.83. The van der Waals surface area contributed by atoms with Crippen LogP contribution in [-0.2, 0) is 9.47 Å². The van der Waals surface area contributed by atoms with Crippen LogP contribution in [0.15, 0.2) is 48.0 Å². The molecule has 0 spiro atoms. The van der Waals surface area contributed by atoms with Gasteiger partial charge in [0.1, 0.15) is 0 Å². The highest BCUT2D eigenvalue weighted by molar-refractivity contribution is 5.29. The molecule has 0 atom stereocenters. The molecule has 14 heavy (non-hydrogen) atoms. The van der Waals surface area contributed by atoms with Crippen molar-refractivity contribution in [3.63, 3.8) is 0 Å². The van der Waals surface area contributed by atoms with Crippen LogP contribution in [0.1, 0.15) is 20.3 Å². The number of hydrogen-bond acceptors (Lipinski definition) is 2. The highest BCUT2D eigenvalue weighted by atomic mass is 16.7. The third kappa shape index (κ3) is 3.13. The molecule has 1 aliphatic rings. The van der Waals surface area contributed by atoms with Crippen molar-refractivity contribution >= 4 is 0 Å². The van der Waals surface area contributed by atoms with Crippen molar-refractivity contribution in [2.24, 2.45) is 0 Å². The Hall–Kier alpha value is -1.44. The highest BCUT2D eigenvalue weighted by Crippen LogP contribution is 2.20. The van der Waals surface area contributed by atoms with Gasteiger partial charge in [-0.25, -0.2) is 0 Å². The van der Waals surface area contributed by atoms with Crippen molar-refractivity contribution in [3.8, 4) is 0 Å². The van der Waals surface area contributed by atoms with Gasteiger partial charge in [-0.2, -0.15) is 0 Å². The first-order chi connectivity index (χ1) is 6.88. The molecule has 1 rings (SSSR count). The minimum absolute atomic E-state index is 0.315. The van der Waals surface area contributed by atoms with Gasteiger partial charge in [0, 0.05) is 0 Å². The summed E-state index contributed by atoms with van der Waals surface area (Å²) in [6.07, 6.45) is 12.8. The fourth-order valence-corrected chi connectivity index (χ4v) is 1.03. The molecule has 0 aromatic rings. The summed E-state index contributed by atoms with van der Waals surface area (Å²) in [5.74, 6) is 1.59. The van der Waals surface area contributed by atoms with Crippen LogP contribution in [0, 0.1) is 0 Å². The Morgan fingerprint density at radius 1 is 1.14 bits per heavy atom. The lowest BCUT2D eigenvalue weighted by Crippen LogP contribution is -1.80. The van der Waals surface area contributed by atoms with Crippen molar-refractivity contribution in [1.82, 2.24) is 0 Å². The minimum Gasteiger partial charge on any atom is -0.454 e. The minimum atomic E-state index is 0.315. The van der Waals surface area contributed by atoms with Crippen molar-refractivity contribution in [2.75, 3.05) is 6.79 Å². The van der Waals surface area contributed by atoms with E-state index in [0.29, 0.717) is 6.79 Å². The summed E-state index contributed by atoms with van der Waals surface area (Å²) in [4.78, 5) is 0. The molecule has 0 radical (unpaired) electrons. The molecule has 0 amide bonds. The zero-order valence-corrected chi connectivity index (χ0v) is 8.69. The summed E-state index contributed by atoms with van der Waals surface area (Å²) < 4.78 is 10.6. The predicted molar refractivity (Wildman–Crippen MR) is 57.4 cm³/mol. The topological polar surface area (TPSA) is 18.5 Å². The molecular formula is C12H16O2. The standard InChI is InChI=1S/C12H16O2/c1-3-5-7-9-12-11(8-6-4-2)13-10-14-12/h4-9H,3,10H2,1-2H3/b6-4-,7-5+,11-8+,12-9+. The van der Waals surface area contributed by atoms with Crippen molar-refractivity contribution in [1.29, 1.82) is 0 Å². The first-order valence-electron chi connectivity index (χ1n) is 4.84. The largest absolute Gasteiger partial charge is 0.454 e. The Balaban J connectivity index is 2.68. The van der Waals surface area contributed by atoms with E-state index in [1.807, 2.05) is 37.3 Å². The first kappa shape index (κ1) is 10.6. The average molecular weight is 192 g/mol. The quantitative estimate of drug-likeness (QED) is 0.683. The van der Waals surface area contributed by atoms with Gasteiger partial charge in [0.25, 0.3) is 0 Å². The molecule has 76 valence electrons. The SMILES string of the molecule is C\C=C/C=C1/OCO/C1=C/C=C/CC. The average Bonchev–Trinajstić information content (AvgIpc) is 2.63. The molecule has 2 nitrogen and oxygen atoms in total. The third-order valence-corrected chi connectivity index (χ3v) is 1.73. The Morgan fingerprint density at radius 3 is 2.36 bits per heavy atom. The molecule has 1 heterocycles. The molecule has 0 bridgehead atoms. The summed E-state index contributed by atoms with van der Waals surface area (Å²) in [5.41, 5.74) is 0. The highest BCUT2D eigenvalue weighted by Gasteiger charge is 2.13. The van der Waals surface area contributed by atoms with Crippen LogP contribution in [0.3, 0.4) is 0 Å². The fourth-order valence-electron chi connectivity index (χ4n) is 1.03. The van der Waals surface area contributed by atoms with Crippen LogP contribution < -0.4 is 0 Å². The number of ether oxygens (including phenoxy) is 2. The van der Waals surface area contributed by atoms with E-state index < -0.39 is 0 Å². The maximum Gasteiger partial charge on any atom is 0.231 e. The van der Waals surface area contributed by atoms with Crippen molar-refractivity contribution in [3.05, 3.63) is 48.0 Å². The zero-order valence-electron chi connectivity index (χ0n) is 8.69. The lowest BCUT2D eigenvalue weighted by atomic mass is 10.3.